The van der Waals surface area contributed by atoms with Crippen LogP contribution < -0.4 is 0 Å². The smallest absolute Gasteiger partial charge is 0.421 e. The van der Waals surface area contributed by atoms with E-state index in [0.717, 1.165) is 20.7 Å². The maximum Gasteiger partial charge on any atom is 0.421 e. The van der Waals surface area contributed by atoms with E-state index >= 15 is 0 Å². The summed E-state index contributed by atoms with van der Waals surface area (Å²) in [6, 6.07) is 0. The van der Waals surface area contributed by atoms with Crippen molar-refractivity contribution in [2.45, 2.75) is 0 Å². The molecule has 0 atom stereocenters. The molecule has 0 radical (unpaired) electrons. The van der Waals surface area contributed by atoms with E-state index in [1.807, 2.05) is 0 Å². The van der Waals surface area contributed by atoms with E-state index < -0.39 is 12.2 Å². The molecular weight excluding hydrogens is 312 g/mol. The SMILES string of the molecule is CN(SN(C)C(=O)OCC(=N)S)C(=O)OCC(=N)S. The van der Waals surface area contributed by atoms with E-state index in [-0.39, 0.29) is 23.3 Å². The largest absolute Gasteiger partial charge is 0.442 e. The average molecular weight is 326 g/mol. The maximum absolute atomic E-state index is 11.4. The fraction of sp³-hybridized carbons (Fsp3) is 0.500. The molecule has 2 amide bonds. The number of thiol groups is 2. The number of rotatable bonds is 6. The molecule has 0 bridgehead atoms. The zero-order valence-electron chi connectivity index (χ0n) is 10.2. The van der Waals surface area contributed by atoms with Crippen molar-refractivity contribution in [1.82, 2.24) is 8.61 Å². The van der Waals surface area contributed by atoms with Gasteiger partial charge in [0.15, 0.2) is 0 Å². The summed E-state index contributed by atoms with van der Waals surface area (Å²) in [5.74, 6) is 0. The van der Waals surface area contributed by atoms with Crippen LogP contribution >= 0.6 is 37.4 Å². The minimum atomic E-state index is -0.731. The molecule has 0 heterocycles. The predicted molar refractivity (Wildman–Crippen MR) is 79.2 cm³/mol. The second-order valence-corrected chi connectivity index (χ2v) is 5.42. The summed E-state index contributed by atoms with van der Waals surface area (Å²) in [5, 5.41) is 13.8. The number of hydrogen-bond donors (Lipinski definition) is 4. The second kappa shape index (κ2) is 8.93. The van der Waals surface area contributed by atoms with Crippen molar-refractivity contribution in [3.8, 4) is 0 Å². The van der Waals surface area contributed by atoms with Crippen LogP contribution in [0.25, 0.3) is 0 Å². The maximum atomic E-state index is 11.4. The fourth-order valence-corrected chi connectivity index (χ4v) is 1.43. The van der Waals surface area contributed by atoms with E-state index in [4.69, 9.17) is 10.8 Å². The zero-order valence-corrected chi connectivity index (χ0v) is 12.8. The Labute approximate surface area is 125 Å². The lowest BCUT2D eigenvalue weighted by Crippen LogP contribution is -2.30. The molecule has 108 valence electrons. The molecule has 0 aromatic heterocycles. The quantitative estimate of drug-likeness (QED) is 0.256. The zero-order chi connectivity index (χ0) is 15.0. The summed E-state index contributed by atoms with van der Waals surface area (Å²) in [7, 11) is 2.78. The average Bonchev–Trinajstić information content (AvgIpc) is 2.32. The van der Waals surface area contributed by atoms with Gasteiger partial charge in [-0.1, -0.05) is 0 Å². The minimum absolute atomic E-state index is 0.0909. The highest BCUT2D eigenvalue weighted by atomic mass is 32.2. The molecule has 8 nitrogen and oxygen atoms in total. The van der Waals surface area contributed by atoms with Crippen LogP contribution in [0.3, 0.4) is 0 Å². The number of carbonyl (C=O) groups is 2. The third-order valence-electron chi connectivity index (χ3n) is 1.42. The van der Waals surface area contributed by atoms with Gasteiger partial charge in [0.25, 0.3) is 0 Å². The van der Waals surface area contributed by atoms with Gasteiger partial charge in [0.2, 0.25) is 0 Å². The number of amides is 2. The summed E-state index contributed by atoms with van der Waals surface area (Å²) >= 11 is 8.06. The van der Waals surface area contributed by atoms with Gasteiger partial charge in [0, 0.05) is 14.1 Å². The highest BCUT2D eigenvalue weighted by molar-refractivity contribution is 7.97. The number of nitrogens with one attached hydrogen (secondary N) is 2. The van der Waals surface area contributed by atoms with Crippen molar-refractivity contribution in [3.05, 3.63) is 0 Å². The molecule has 0 aromatic rings. The normalized spacial score (nSPS) is 9.47. The highest BCUT2D eigenvalue weighted by Gasteiger charge is 2.18. The molecule has 11 heteroatoms. The summed E-state index contributed by atoms with van der Waals surface area (Å²) in [4.78, 5) is 22.8. The molecule has 0 rings (SSSR count). The number of ether oxygens (including phenoxy) is 2. The van der Waals surface area contributed by atoms with Gasteiger partial charge < -0.3 is 9.47 Å². The molecule has 0 saturated carbocycles. The van der Waals surface area contributed by atoms with Crippen LogP contribution in [0.2, 0.25) is 0 Å². The third-order valence-corrected chi connectivity index (χ3v) is 2.47. The molecule has 0 aromatic carbocycles. The molecule has 0 aliphatic carbocycles. The van der Waals surface area contributed by atoms with Crippen molar-refractivity contribution in [3.63, 3.8) is 0 Å². The Balaban J connectivity index is 4.12. The van der Waals surface area contributed by atoms with Gasteiger partial charge >= 0.3 is 12.2 Å². The van der Waals surface area contributed by atoms with Crippen LogP contribution in [0.15, 0.2) is 0 Å². The van der Waals surface area contributed by atoms with Crippen LogP contribution in [0.4, 0.5) is 9.59 Å². The standard InChI is InChI=1S/C8H14N4O4S3/c1-11(7(13)15-3-5(9)17)19-12(2)8(14)16-4-6(10)18/h3-4H2,1-2H3,(H2,9,17)(H2,10,18). The van der Waals surface area contributed by atoms with E-state index in [2.05, 4.69) is 34.7 Å². The van der Waals surface area contributed by atoms with E-state index in [9.17, 15) is 9.59 Å². The summed E-state index contributed by atoms with van der Waals surface area (Å²) in [5.41, 5.74) is 0. The van der Waals surface area contributed by atoms with Crippen LogP contribution in [0.5, 0.6) is 0 Å². The molecule has 0 aliphatic rings. The lowest BCUT2D eigenvalue weighted by molar-refractivity contribution is 0.142. The molecule has 2 N–H and O–H groups in total. The predicted octanol–water partition coefficient (Wildman–Crippen LogP) is 1.50. The molecule has 0 fully saturated rings. The van der Waals surface area contributed by atoms with Crippen LogP contribution in [-0.4, -0.2) is 58.2 Å². The topological polar surface area (TPSA) is 107 Å². The lowest BCUT2D eigenvalue weighted by atomic mass is 10.8. The molecule has 19 heavy (non-hydrogen) atoms. The van der Waals surface area contributed by atoms with E-state index in [1.165, 1.54) is 14.1 Å². The first kappa shape index (κ1) is 17.9. The highest BCUT2D eigenvalue weighted by Crippen LogP contribution is 2.14. The van der Waals surface area contributed by atoms with Gasteiger partial charge in [0.05, 0.1) is 22.2 Å². The Morgan fingerprint density at radius 3 is 1.58 bits per heavy atom. The fourth-order valence-electron chi connectivity index (χ4n) is 0.692. The van der Waals surface area contributed by atoms with E-state index in [0.29, 0.717) is 0 Å². The Kier molecular flexibility index (Phi) is 8.43. The Hall–Kier alpha value is -1.07. The van der Waals surface area contributed by atoms with Gasteiger partial charge in [-0.2, -0.15) is 0 Å². The Morgan fingerprint density at radius 2 is 1.32 bits per heavy atom. The molecule has 0 saturated heterocycles. The Morgan fingerprint density at radius 1 is 1.00 bits per heavy atom. The molecule has 0 unspecified atom stereocenters. The molecule has 0 aliphatic heterocycles. The lowest BCUT2D eigenvalue weighted by Gasteiger charge is -2.21. The first-order valence-corrected chi connectivity index (χ1v) is 6.38. The first-order valence-electron chi connectivity index (χ1n) is 4.75. The van der Waals surface area contributed by atoms with Gasteiger partial charge in [-0.15, -0.1) is 25.3 Å². The van der Waals surface area contributed by atoms with Crippen molar-refractivity contribution < 1.29 is 19.1 Å². The minimum Gasteiger partial charge on any atom is -0.442 e. The van der Waals surface area contributed by atoms with Crippen molar-refractivity contribution >= 4 is 59.7 Å². The first-order chi connectivity index (χ1) is 8.73. The third kappa shape index (κ3) is 8.61. The van der Waals surface area contributed by atoms with Crippen LogP contribution in [0, 0.1) is 10.8 Å². The Bertz CT molecular complexity index is 345. The van der Waals surface area contributed by atoms with Gasteiger partial charge in [0.1, 0.15) is 13.2 Å². The summed E-state index contributed by atoms with van der Waals surface area (Å²) in [6.07, 6.45) is -1.46. The summed E-state index contributed by atoms with van der Waals surface area (Å²) < 4.78 is 11.5. The van der Waals surface area contributed by atoms with Crippen molar-refractivity contribution in [1.29, 1.82) is 10.8 Å². The second-order valence-electron chi connectivity index (χ2n) is 3.08. The van der Waals surface area contributed by atoms with Gasteiger partial charge in [-0.25, -0.2) is 18.2 Å². The number of carbonyl (C=O) groups excluding carboxylic acids is 2. The van der Waals surface area contributed by atoms with E-state index in [1.54, 1.807) is 0 Å². The van der Waals surface area contributed by atoms with Crippen LogP contribution in [-0.2, 0) is 9.47 Å². The molecular formula is C8H14N4O4S3. The summed E-state index contributed by atoms with van der Waals surface area (Å²) in [6.45, 7) is -0.477. The van der Waals surface area contributed by atoms with Crippen molar-refractivity contribution in [2.24, 2.45) is 0 Å². The van der Waals surface area contributed by atoms with Gasteiger partial charge in [-0.05, 0) is 0 Å². The van der Waals surface area contributed by atoms with Crippen molar-refractivity contribution in [2.75, 3.05) is 27.3 Å². The number of nitrogens with zero attached hydrogens (tertiary/aromatic N) is 2. The van der Waals surface area contributed by atoms with Gasteiger partial charge in [-0.3, -0.25) is 10.8 Å². The number of hydrogen-bond acceptors (Lipinski definition) is 7. The van der Waals surface area contributed by atoms with Crippen LogP contribution in [0.1, 0.15) is 0 Å². The molecule has 0 spiro atoms. The monoisotopic (exact) mass is 326 g/mol.